The normalized spacial score (nSPS) is 27.2. The Labute approximate surface area is 143 Å². The van der Waals surface area contributed by atoms with E-state index in [1.54, 1.807) is 11.1 Å². The molecule has 3 rings (SSSR count). The predicted molar refractivity (Wildman–Crippen MR) is 93.9 cm³/mol. The van der Waals surface area contributed by atoms with E-state index in [9.17, 15) is 10.0 Å². The van der Waals surface area contributed by atoms with E-state index in [1.165, 1.54) is 12.8 Å². The molecule has 2 bridgehead atoms. The number of urea groups is 1. The van der Waals surface area contributed by atoms with E-state index >= 15 is 0 Å². The van der Waals surface area contributed by atoms with Gasteiger partial charge < -0.3 is 10.6 Å². The van der Waals surface area contributed by atoms with Gasteiger partial charge in [0.2, 0.25) is 6.21 Å². The number of benzene rings is 1. The van der Waals surface area contributed by atoms with Gasteiger partial charge in [-0.15, -0.1) is 0 Å². The van der Waals surface area contributed by atoms with Crippen molar-refractivity contribution in [2.75, 3.05) is 18.5 Å². The minimum absolute atomic E-state index is 0.111. The summed E-state index contributed by atoms with van der Waals surface area (Å²) in [5.41, 5.74) is 7.33. The maximum atomic E-state index is 12.3. The number of para-hydroxylation sites is 1. The van der Waals surface area contributed by atoms with E-state index in [0.717, 1.165) is 28.8 Å². The third-order valence-corrected chi connectivity index (χ3v) is 5.48. The van der Waals surface area contributed by atoms with Gasteiger partial charge in [0.1, 0.15) is 0 Å². The lowest BCUT2D eigenvalue weighted by Gasteiger charge is -2.41. The Bertz CT molecular complexity index is 632. The van der Waals surface area contributed by atoms with Gasteiger partial charge in [-0.05, 0) is 56.5 Å². The number of nitrogens with two attached hydrogens (primary N) is 1. The molecule has 1 aromatic rings. The number of hydroxylamine groups is 1. The van der Waals surface area contributed by atoms with Gasteiger partial charge in [-0.3, -0.25) is 10.1 Å². The Hall–Kier alpha value is -2.08. The van der Waals surface area contributed by atoms with Gasteiger partial charge in [-0.1, -0.05) is 12.1 Å². The molecule has 0 radical (unpaired) electrons. The quantitative estimate of drug-likeness (QED) is 0.384. The molecule has 0 aliphatic carbocycles. The van der Waals surface area contributed by atoms with Gasteiger partial charge >= 0.3 is 6.03 Å². The molecule has 6 heteroatoms. The number of hydrogen-bond acceptors (Lipinski definition) is 3. The van der Waals surface area contributed by atoms with Gasteiger partial charge in [0.15, 0.2) is 6.54 Å². The van der Waals surface area contributed by atoms with Gasteiger partial charge in [0.25, 0.3) is 0 Å². The van der Waals surface area contributed by atoms with Crippen LogP contribution in [0, 0.1) is 0 Å². The summed E-state index contributed by atoms with van der Waals surface area (Å²) in [6.07, 6.45) is 5.92. The maximum Gasteiger partial charge on any atom is 0.319 e. The van der Waals surface area contributed by atoms with Crippen LogP contribution in [0.2, 0.25) is 0 Å². The van der Waals surface area contributed by atoms with Gasteiger partial charge in [-0.2, -0.15) is 0 Å². The average Bonchev–Trinajstić information content (AvgIpc) is 2.77. The van der Waals surface area contributed by atoms with E-state index < -0.39 is 6.03 Å². The van der Waals surface area contributed by atoms with Crippen molar-refractivity contribution in [3.63, 3.8) is 0 Å². The molecule has 1 aromatic carbocycles. The highest BCUT2D eigenvalue weighted by molar-refractivity contribution is 5.97. The number of carbonyl (C=O) groups excluding carboxylic acids is 1. The molecule has 6 nitrogen and oxygen atoms in total. The van der Waals surface area contributed by atoms with E-state index in [0.29, 0.717) is 18.6 Å². The van der Waals surface area contributed by atoms with Crippen molar-refractivity contribution in [1.82, 2.24) is 4.90 Å². The molecule has 2 aliphatic rings. The number of carbonyl (C=O) groups is 1. The van der Waals surface area contributed by atoms with Crippen LogP contribution in [0.15, 0.2) is 24.3 Å². The number of anilines is 1. The second kappa shape index (κ2) is 6.81. The van der Waals surface area contributed by atoms with Crippen molar-refractivity contribution < 1.29 is 14.7 Å². The standard InChI is InChI=1S/C18H26N4O2/c1-3-21(24)12-13-6-4-5-7-17(13)22(18(19)23)16-10-14-8-9-15(11-16)20(14)2/h4-7,12,14-16H,3,8-11H2,1-2H3,(H2-,19,23,24)/p+1. The Kier molecular flexibility index (Phi) is 4.76. The van der Waals surface area contributed by atoms with Gasteiger partial charge in [-0.25, -0.2) is 4.79 Å². The molecule has 24 heavy (non-hydrogen) atoms. The molecule has 2 amide bonds. The summed E-state index contributed by atoms with van der Waals surface area (Å²) >= 11 is 0. The van der Waals surface area contributed by atoms with Crippen LogP contribution in [-0.2, 0) is 0 Å². The highest BCUT2D eigenvalue weighted by atomic mass is 16.5. The molecule has 2 unspecified atom stereocenters. The summed E-state index contributed by atoms with van der Waals surface area (Å²) in [6.45, 7) is 2.34. The molecule has 130 valence electrons. The number of hydrogen-bond donors (Lipinski definition) is 2. The molecule has 0 aromatic heterocycles. The third kappa shape index (κ3) is 3.11. The van der Waals surface area contributed by atoms with Crippen molar-refractivity contribution in [3.8, 4) is 0 Å². The summed E-state index contributed by atoms with van der Waals surface area (Å²) in [5.74, 6) is 0. The van der Waals surface area contributed by atoms with Crippen molar-refractivity contribution in [3.05, 3.63) is 29.8 Å². The predicted octanol–water partition coefficient (Wildman–Crippen LogP) is 2.04. The first-order chi connectivity index (χ1) is 11.5. The summed E-state index contributed by atoms with van der Waals surface area (Å²) in [5, 5.41) is 9.83. The van der Waals surface area contributed by atoms with Crippen molar-refractivity contribution in [1.29, 1.82) is 0 Å². The zero-order valence-corrected chi connectivity index (χ0v) is 14.4. The molecule has 2 fully saturated rings. The Morgan fingerprint density at radius 2 is 2.00 bits per heavy atom. The van der Waals surface area contributed by atoms with Gasteiger partial charge in [0.05, 0.1) is 11.3 Å². The Balaban J connectivity index is 1.94. The third-order valence-electron chi connectivity index (χ3n) is 5.48. The maximum absolute atomic E-state index is 12.3. The lowest BCUT2D eigenvalue weighted by Crippen LogP contribution is -2.52. The summed E-state index contributed by atoms with van der Waals surface area (Å²) < 4.78 is 1.12. The van der Waals surface area contributed by atoms with E-state index in [2.05, 4.69) is 11.9 Å². The van der Waals surface area contributed by atoms with E-state index in [-0.39, 0.29) is 6.04 Å². The van der Waals surface area contributed by atoms with Crippen molar-refractivity contribution >= 4 is 17.9 Å². The number of rotatable bonds is 4. The number of piperidine rings is 1. The molecule has 3 N–H and O–H groups in total. The average molecular weight is 331 g/mol. The summed E-state index contributed by atoms with van der Waals surface area (Å²) in [7, 11) is 2.18. The first kappa shape index (κ1) is 16.8. The molecule has 2 atom stereocenters. The van der Waals surface area contributed by atoms with Crippen LogP contribution in [0.4, 0.5) is 10.5 Å². The molecule has 2 heterocycles. The van der Waals surface area contributed by atoms with Crippen LogP contribution >= 0.6 is 0 Å². The highest BCUT2D eigenvalue weighted by Crippen LogP contribution is 2.38. The fraction of sp³-hybridized carbons (Fsp3) is 0.556. The van der Waals surface area contributed by atoms with Crippen LogP contribution in [0.5, 0.6) is 0 Å². The fourth-order valence-electron chi connectivity index (χ4n) is 4.16. The monoisotopic (exact) mass is 331 g/mol. The zero-order chi connectivity index (χ0) is 17.3. The van der Waals surface area contributed by atoms with Crippen LogP contribution in [-0.4, -0.2) is 58.8 Å². The van der Waals surface area contributed by atoms with Crippen molar-refractivity contribution in [2.45, 2.75) is 50.7 Å². The lowest BCUT2D eigenvalue weighted by atomic mass is 9.95. The number of amides is 2. The second-order valence-electron chi connectivity index (χ2n) is 6.83. The largest absolute Gasteiger partial charge is 0.351 e. The molecule has 2 saturated heterocycles. The van der Waals surface area contributed by atoms with Crippen LogP contribution in [0.25, 0.3) is 0 Å². The van der Waals surface area contributed by atoms with E-state index in [1.807, 2.05) is 31.2 Å². The number of nitrogens with zero attached hydrogens (tertiary/aromatic N) is 3. The molecule has 0 spiro atoms. The molecule has 0 saturated carbocycles. The van der Waals surface area contributed by atoms with E-state index in [4.69, 9.17) is 5.73 Å². The Morgan fingerprint density at radius 1 is 1.38 bits per heavy atom. The topological polar surface area (TPSA) is 72.8 Å². The fourth-order valence-corrected chi connectivity index (χ4v) is 4.16. The van der Waals surface area contributed by atoms with Gasteiger partial charge in [0, 0.05) is 18.1 Å². The first-order valence-electron chi connectivity index (χ1n) is 8.71. The SMILES string of the molecule is CC[N+](O)=Cc1ccccc1N(C(N)=O)C1CC2CCC(C1)N2C. The minimum atomic E-state index is -0.425. The Morgan fingerprint density at radius 3 is 2.58 bits per heavy atom. The number of primary amides is 1. The summed E-state index contributed by atoms with van der Waals surface area (Å²) in [6, 6.07) is 8.34. The zero-order valence-electron chi connectivity index (χ0n) is 14.4. The molecule has 2 aliphatic heterocycles. The van der Waals surface area contributed by atoms with Crippen LogP contribution < -0.4 is 10.6 Å². The second-order valence-corrected chi connectivity index (χ2v) is 6.83. The minimum Gasteiger partial charge on any atom is -0.351 e. The van der Waals surface area contributed by atoms with Crippen LogP contribution in [0.3, 0.4) is 0 Å². The highest BCUT2D eigenvalue weighted by Gasteiger charge is 2.42. The first-order valence-corrected chi connectivity index (χ1v) is 8.71. The molecular formula is C18H27N4O2+. The van der Waals surface area contributed by atoms with Crippen molar-refractivity contribution in [2.24, 2.45) is 5.73 Å². The lowest BCUT2D eigenvalue weighted by molar-refractivity contribution is -0.768. The van der Waals surface area contributed by atoms with Crippen LogP contribution in [0.1, 0.15) is 38.2 Å². The smallest absolute Gasteiger partial charge is 0.319 e. The summed E-state index contributed by atoms with van der Waals surface area (Å²) in [4.78, 5) is 16.4. The molecular weight excluding hydrogens is 304 g/mol. The number of fused-ring (bicyclic) bond motifs is 2.